The zero-order valence-electron chi connectivity index (χ0n) is 10.3. The fourth-order valence-electron chi connectivity index (χ4n) is 1.81. The van der Waals surface area contributed by atoms with Crippen LogP contribution < -0.4 is 10.1 Å². The van der Waals surface area contributed by atoms with E-state index in [0.717, 1.165) is 26.4 Å². The van der Waals surface area contributed by atoms with Crippen LogP contribution in [0.25, 0.3) is 16.2 Å². The second kappa shape index (κ2) is 4.82. The van der Waals surface area contributed by atoms with Gasteiger partial charge in [-0.25, -0.2) is 4.52 Å². The van der Waals surface area contributed by atoms with Gasteiger partial charge >= 0.3 is 0 Å². The summed E-state index contributed by atoms with van der Waals surface area (Å²) in [5, 5.41) is 9.39. The lowest BCUT2D eigenvalue weighted by atomic mass is 10.2. The Morgan fingerprint density at radius 2 is 2.26 bits per heavy atom. The van der Waals surface area contributed by atoms with Crippen molar-refractivity contribution in [1.29, 1.82) is 0 Å². The third kappa shape index (κ3) is 2.08. The Kier molecular flexibility index (Phi) is 3.16. The Morgan fingerprint density at radius 1 is 1.42 bits per heavy atom. The molecule has 5 nitrogen and oxygen atoms in total. The van der Waals surface area contributed by atoms with Crippen LogP contribution in [-0.4, -0.2) is 28.8 Å². The lowest BCUT2D eigenvalue weighted by Crippen LogP contribution is -1.93. The Morgan fingerprint density at radius 3 is 2.95 bits per heavy atom. The first-order valence-corrected chi connectivity index (χ1v) is 7.26. The van der Waals surface area contributed by atoms with Gasteiger partial charge in [0.15, 0.2) is 0 Å². The minimum absolute atomic E-state index is 0.626. The Hall–Kier alpha value is -1.60. The number of hydrogen-bond acceptors (Lipinski definition) is 5. The van der Waals surface area contributed by atoms with Crippen LogP contribution in [0, 0.1) is 0 Å². The second-order valence-electron chi connectivity index (χ2n) is 3.85. The molecule has 3 rings (SSSR count). The first kappa shape index (κ1) is 12.4. The van der Waals surface area contributed by atoms with E-state index in [9.17, 15) is 0 Å². The van der Waals surface area contributed by atoms with E-state index in [4.69, 9.17) is 4.74 Å². The van der Waals surface area contributed by atoms with E-state index in [1.807, 2.05) is 35.1 Å². The SMILES string of the molecule is CNc1nc2scc(-c3ccc(OC)c(Br)c3)n2n1. The molecule has 0 saturated carbocycles. The molecule has 98 valence electrons. The molecule has 0 bridgehead atoms. The summed E-state index contributed by atoms with van der Waals surface area (Å²) in [6.45, 7) is 0. The first-order chi connectivity index (χ1) is 9.22. The molecule has 1 aromatic carbocycles. The molecular weight excluding hydrogens is 328 g/mol. The summed E-state index contributed by atoms with van der Waals surface area (Å²) in [6.07, 6.45) is 0. The molecule has 2 heterocycles. The Bertz CT molecular complexity index is 736. The smallest absolute Gasteiger partial charge is 0.243 e. The van der Waals surface area contributed by atoms with Crippen LogP contribution in [0.5, 0.6) is 5.75 Å². The van der Waals surface area contributed by atoms with Crippen LogP contribution in [0.1, 0.15) is 0 Å². The third-order valence-corrected chi connectivity index (χ3v) is 4.19. The van der Waals surface area contributed by atoms with Gasteiger partial charge in [0, 0.05) is 18.0 Å². The van der Waals surface area contributed by atoms with Crippen molar-refractivity contribution in [3.63, 3.8) is 0 Å². The van der Waals surface area contributed by atoms with Gasteiger partial charge < -0.3 is 10.1 Å². The Labute approximate surface area is 122 Å². The molecule has 0 amide bonds. The predicted octanol–water partition coefficient (Wildman–Crippen LogP) is 3.27. The number of methoxy groups -OCH3 is 1. The number of thiazole rings is 1. The van der Waals surface area contributed by atoms with Crippen molar-refractivity contribution in [2.45, 2.75) is 0 Å². The van der Waals surface area contributed by atoms with E-state index in [1.54, 1.807) is 18.4 Å². The van der Waals surface area contributed by atoms with Crippen molar-refractivity contribution in [1.82, 2.24) is 14.6 Å². The number of fused-ring (bicyclic) bond motifs is 1. The number of rotatable bonds is 3. The molecule has 0 spiro atoms. The fourth-order valence-corrected chi connectivity index (χ4v) is 3.18. The predicted molar refractivity (Wildman–Crippen MR) is 80.1 cm³/mol. The van der Waals surface area contributed by atoms with Crippen molar-refractivity contribution in [3.8, 4) is 17.0 Å². The lowest BCUT2D eigenvalue weighted by Gasteiger charge is -2.05. The van der Waals surface area contributed by atoms with Crippen LogP contribution >= 0.6 is 27.3 Å². The first-order valence-electron chi connectivity index (χ1n) is 5.59. The van der Waals surface area contributed by atoms with Crippen LogP contribution in [-0.2, 0) is 0 Å². The monoisotopic (exact) mass is 338 g/mol. The van der Waals surface area contributed by atoms with Crippen LogP contribution in [0.15, 0.2) is 28.1 Å². The Balaban J connectivity index is 2.13. The largest absolute Gasteiger partial charge is 0.496 e. The maximum Gasteiger partial charge on any atom is 0.243 e. The van der Waals surface area contributed by atoms with Gasteiger partial charge in [-0.15, -0.1) is 16.4 Å². The number of halogens is 1. The molecule has 0 radical (unpaired) electrons. The van der Waals surface area contributed by atoms with Gasteiger partial charge in [-0.3, -0.25) is 0 Å². The number of aromatic nitrogens is 3. The summed E-state index contributed by atoms with van der Waals surface area (Å²) >= 11 is 5.06. The van der Waals surface area contributed by atoms with Gasteiger partial charge in [-0.05, 0) is 34.1 Å². The number of benzene rings is 1. The minimum atomic E-state index is 0.626. The minimum Gasteiger partial charge on any atom is -0.496 e. The van der Waals surface area contributed by atoms with E-state index in [-0.39, 0.29) is 0 Å². The zero-order chi connectivity index (χ0) is 13.4. The molecule has 0 atom stereocenters. The number of nitrogens with zero attached hydrogens (tertiary/aromatic N) is 3. The van der Waals surface area contributed by atoms with Gasteiger partial charge in [-0.2, -0.15) is 4.98 Å². The molecule has 0 aliphatic carbocycles. The highest BCUT2D eigenvalue weighted by atomic mass is 79.9. The second-order valence-corrected chi connectivity index (χ2v) is 5.54. The maximum atomic E-state index is 5.24. The van der Waals surface area contributed by atoms with Crippen LogP contribution in [0.3, 0.4) is 0 Å². The summed E-state index contributed by atoms with van der Waals surface area (Å²) < 4.78 is 7.99. The zero-order valence-corrected chi connectivity index (χ0v) is 12.7. The van der Waals surface area contributed by atoms with Gasteiger partial charge in [0.2, 0.25) is 10.9 Å². The van der Waals surface area contributed by atoms with Crippen molar-refractivity contribution in [2.24, 2.45) is 0 Å². The van der Waals surface area contributed by atoms with E-state index in [0.29, 0.717) is 5.95 Å². The molecule has 0 fully saturated rings. The highest BCUT2D eigenvalue weighted by Crippen LogP contribution is 2.32. The topological polar surface area (TPSA) is 51.5 Å². The molecular formula is C12H11BrN4OS. The molecule has 1 N–H and O–H groups in total. The summed E-state index contributed by atoms with van der Waals surface area (Å²) in [5.74, 6) is 1.44. The molecule has 0 unspecified atom stereocenters. The van der Waals surface area contributed by atoms with E-state index >= 15 is 0 Å². The van der Waals surface area contributed by atoms with Crippen LogP contribution in [0.2, 0.25) is 0 Å². The summed E-state index contributed by atoms with van der Waals surface area (Å²) in [5.41, 5.74) is 2.07. The molecule has 0 aliphatic heterocycles. The van der Waals surface area contributed by atoms with Crippen molar-refractivity contribution >= 4 is 38.2 Å². The van der Waals surface area contributed by atoms with Crippen molar-refractivity contribution < 1.29 is 4.74 Å². The summed E-state index contributed by atoms with van der Waals surface area (Å²) in [7, 11) is 3.46. The van der Waals surface area contributed by atoms with Crippen molar-refractivity contribution in [3.05, 3.63) is 28.1 Å². The quantitative estimate of drug-likeness (QED) is 0.796. The number of hydrogen-bond donors (Lipinski definition) is 1. The average Bonchev–Trinajstić information content (AvgIpc) is 2.97. The molecule has 0 aliphatic rings. The normalized spacial score (nSPS) is 10.9. The highest BCUT2D eigenvalue weighted by molar-refractivity contribution is 9.10. The summed E-state index contributed by atoms with van der Waals surface area (Å²) in [4.78, 5) is 5.22. The summed E-state index contributed by atoms with van der Waals surface area (Å²) in [6, 6.07) is 5.95. The van der Waals surface area contributed by atoms with E-state index in [1.165, 1.54) is 0 Å². The maximum absolute atomic E-state index is 5.24. The van der Waals surface area contributed by atoms with Gasteiger partial charge in [-0.1, -0.05) is 0 Å². The number of nitrogens with one attached hydrogen (secondary N) is 1. The van der Waals surface area contributed by atoms with Crippen LogP contribution in [0.4, 0.5) is 5.95 Å². The van der Waals surface area contributed by atoms with Gasteiger partial charge in [0.1, 0.15) is 5.75 Å². The van der Waals surface area contributed by atoms with E-state index < -0.39 is 0 Å². The molecule has 0 saturated heterocycles. The number of ether oxygens (including phenoxy) is 1. The molecule has 7 heteroatoms. The highest BCUT2D eigenvalue weighted by Gasteiger charge is 2.12. The third-order valence-electron chi connectivity index (χ3n) is 2.75. The average molecular weight is 339 g/mol. The van der Waals surface area contributed by atoms with Gasteiger partial charge in [0.05, 0.1) is 17.3 Å². The number of anilines is 1. The van der Waals surface area contributed by atoms with E-state index in [2.05, 4.69) is 31.3 Å². The van der Waals surface area contributed by atoms with Gasteiger partial charge in [0.25, 0.3) is 0 Å². The fraction of sp³-hybridized carbons (Fsp3) is 0.167. The lowest BCUT2D eigenvalue weighted by molar-refractivity contribution is 0.412. The molecule has 2 aromatic heterocycles. The standard InChI is InChI=1S/C12H11BrN4OS/c1-14-11-15-12-17(16-11)9(6-19-12)7-3-4-10(18-2)8(13)5-7/h3-6H,1-2H3,(H,14,16). The molecule has 3 aromatic rings. The van der Waals surface area contributed by atoms with Crippen molar-refractivity contribution in [2.75, 3.05) is 19.5 Å². The molecule has 19 heavy (non-hydrogen) atoms.